The van der Waals surface area contributed by atoms with Crippen molar-refractivity contribution < 1.29 is 14.3 Å². The van der Waals surface area contributed by atoms with Gasteiger partial charge in [-0.3, -0.25) is 14.3 Å². The van der Waals surface area contributed by atoms with Gasteiger partial charge in [0.15, 0.2) is 6.61 Å². The third-order valence-corrected chi connectivity index (χ3v) is 3.07. The van der Waals surface area contributed by atoms with Gasteiger partial charge in [0, 0.05) is 18.1 Å². The van der Waals surface area contributed by atoms with Crippen LogP contribution in [0.15, 0.2) is 24.3 Å². The maximum atomic E-state index is 11.9. The van der Waals surface area contributed by atoms with Gasteiger partial charge in [0.2, 0.25) is 0 Å². The number of carbonyl (C=O) groups is 2. The van der Waals surface area contributed by atoms with Crippen LogP contribution in [0.25, 0.3) is 0 Å². The Morgan fingerprint density at radius 3 is 2.73 bits per heavy atom. The lowest BCUT2D eigenvalue weighted by Gasteiger charge is -2.10. The van der Waals surface area contributed by atoms with Gasteiger partial charge in [-0.25, -0.2) is 0 Å². The van der Waals surface area contributed by atoms with Gasteiger partial charge < -0.3 is 15.8 Å². The molecule has 0 atom stereocenters. The van der Waals surface area contributed by atoms with Crippen molar-refractivity contribution in [3.05, 3.63) is 40.5 Å². The minimum absolute atomic E-state index is 0.161. The van der Waals surface area contributed by atoms with Crippen LogP contribution >= 0.6 is 11.6 Å². The van der Waals surface area contributed by atoms with Gasteiger partial charge >= 0.3 is 0 Å². The molecule has 1 aromatic carbocycles. The number of benzene rings is 1. The number of halogens is 1. The van der Waals surface area contributed by atoms with E-state index in [1.807, 2.05) is 6.92 Å². The Kier molecular flexibility index (Phi) is 4.67. The van der Waals surface area contributed by atoms with Crippen LogP contribution < -0.4 is 15.8 Å². The summed E-state index contributed by atoms with van der Waals surface area (Å²) < 4.78 is 6.88. The Balaban J connectivity index is 2.04. The van der Waals surface area contributed by atoms with Crippen molar-refractivity contribution >= 4 is 29.2 Å². The van der Waals surface area contributed by atoms with Crippen molar-refractivity contribution in [2.24, 2.45) is 12.8 Å². The first kappa shape index (κ1) is 15.8. The van der Waals surface area contributed by atoms with E-state index in [0.29, 0.717) is 10.8 Å². The van der Waals surface area contributed by atoms with E-state index < -0.39 is 11.8 Å². The van der Waals surface area contributed by atoms with E-state index in [0.717, 1.165) is 5.69 Å². The molecule has 0 fully saturated rings. The summed E-state index contributed by atoms with van der Waals surface area (Å²) in [4.78, 5) is 23.2. The van der Waals surface area contributed by atoms with Crippen molar-refractivity contribution in [1.29, 1.82) is 0 Å². The summed E-state index contributed by atoms with van der Waals surface area (Å²) in [5.74, 6) is -0.337. The van der Waals surface area contributed by atoms with Crippen molar-refractivity contribution in [3.63, 3.8) is 0 Å². The number of nitrogens with zero attached hydrogens (tertiary/aromatic N) is 2. The Hall–Kier alpha value is -2.54. The zero-order chi connectivity index (χ0) is 16.3. The SMILES string of the molecule is Cc1cc(NC(=O)COc2cc(Cl)ccc2C(N)=O)n(C)n1. The number of nitrogens with two attached hydrogens (primary N) is 1. The second-order valence-corrected chi connectivity index (χ2v) is 5.07. The number of ether oxygens (including phenoxy) is 1. The topological polar surface area (TPSA) is 99.2 Å². The molecule has 2 amide bonds. The van der Waals surface area contributed by atoms with Crippen LogP contribution in [0.4, 0.5) is 5.82 Å². The van der Waals surface area contributed by atoms with Crippen LogP contribution in [0.3, 0.4) is 0 Å². The minimum Gasteiger partial charge on any atom is -0.483 e. The highest BCUT2D eigenvalue weighted by molar-refractivity contribution is 6.30. The van der Waals surface area contributed by atoms with E-state index in [9.17, 15) is 9.59 Å². The van der Waals surface area contributed by atoms with Gasteiger partial charge in [-0.2, -0.15) is 5.10 Å². The van der Waals surface area contributed by atoms with E-state index in [2.05, 4.69) is 10.4 Å². The molecule has 0 radical (unpaired) electrons. The smallest absolute Gasteiger partial charge is 0.263 e. The highest BCUT2D eigenvalue weighted by Gasteiger charge is 2.13. The molecule has 0 spiro atoms. The molecule has 0 unspecified atom stereocenters. The number of primary amides is 1. The number of anilines is 1. The highest BCUT2D eigenvalue weighted by atomic mass is 35.5. The normalized spacial score (nSPS) is 10.3. The maximum absolute atomic E-state index is 11.9. The van der Waals surface area contributed by atoms with Crippen molar-refractivity contribution in [1.82, 2.24) is 9.78 Å². The predicted octanol–water partition coefficient (Wildman–Crippen LogP) is 1.50. The third-order valence-electron chi connectivity index (χ3n) is 2.84. The Morgan fingerprint density at radius 2 is 2.14 bits per heavy atom. The van der Waals surface area contributed by atoms with Gasteiger partial charge in [-0.15, -0.1) is 0 Å². The fourth-order valence-corrected chi connectivity index (χ4v) is 2.03. The van der Waals surface area contributed by atoms with Gasteiger partial charge in [0.05, 0.1) is 11.3 Å². The lowest BCUT2D eigenvalue weighted by Crippen LogP contribution is -2.22. The zero-order valence-electron chi connectivity index (χ0n) is 12.1. The summed E-state index contributed by atoms with van der Waals surface area (Å²) in [5, 5.41) is 7.14. The molecule has 22 heavy (non-hydrogen) atoms. The van der Waals surface area contributed by atoms with Crippen LogP contribution in [0, 0.1) is 6.92 Å². The molecule has 1 aromatic heterocycles. The molecule has 2 rings (SSSR count). The first-order valence-corrected chi connectivity index (χ1v) is 6.77. The fraction of sp³-hybridized carbons (Fsp3) is 0.214. The average Bonchev–Trinajstić information content (AvgIpc) is 2.74. The molecule has 2 aromatic rings. The van der Waals surface area contributed by atoms with Crippen LogP contribution in [0.5, 0.6) is 5.75 Å². The second kappa shape index (κ2) is 6.48. The summed E-state index contributed by atoms with van der Waals surface area (Å²) in [5.41, 5.74) is 6.19. The second-order valence-electron chi connectivity index (χ2n) is 4.64. The summed E-state index contributed by atoms with van der Waals surface area (Å²) in [6.45, 7) is 1.53. The molecule has 0 saturated heterocycles. The lowest BCUT2D eigenvalue weighted by atomic mass is 10.2. The summed E-state index contributed by atoms with van der Waals surface area (Å²) >= 11 is 5.85. The molecule has 0 saturated carbocycles. The van der Waals surface area contributed by atoms with Crippen molar-refractivity contribution in [3.8, 4) is 5.75 Å². The molecule has 3 N–H and O–H groups in total. The van der Waals surface area contributed by atoms with Gasteiger partial charge in [-0.1, -0.05) is 11.6 Å². The molecule has 0 aliphatic heterocycles. The lowest BCUT2D eigenvalue weighted by molar-refractivity contribution is -0.118. The summed E-state index contributed by atoms with van der Waals surface area (Å²) in [6.07, 6.45) is 0. The van der Waals surface area contributed by atoms with E-state index in [4.69, 9.17) is 22.1 Å². The van der Waals surface area contributed by atoms with Gasteiger partial charge in [-0.05, 0) is 25.1 Å². The van der Waals surface area contributed by atoms with E-state index >= 15 is 0 Å². The Bertz CT molecular complexity index is 727. The summed E-state index contributed by atoms with van der Waals surface area (Å²) in [7, 11) is 1.71. The molecule has 116 valence electrons. The van der Waals surface area contributed by atoms with E-state index in [1.54, 1.807) is 17.8 Å². The molecule has 1 heterocycles. The van der Waals surface area contributed by atoms with Crippen molar-refractivity contribution in [2.45, 2.75) is 6.92 Å². The summed E-state index contributed by atoms with van der Waals surface area (Å²) in [6, 6.07) is 6.13. The minimum atomic E-state index is -0.658. The molecule has 0 aliphatic rings. The van der Waals surface area contributed by atoms with Crippen LogP contribution in [0.2, 0.25) is 5.02 Å². The average molecular weight is 323 g/mol. The predicted molar refractivity (Wildman–Crippen MR) is 82.0 cm³/mol. The first-order valence-electron chi connectivity index (χ1n) is 6.39. The van der Waals surface area contributed by atoms with Crippen LogP contribution in [-0.2, 0) is 11.8 Å². The Labute approximate surface area is 132 Å². The van der Waals surface area contributed by atoms with Gasteiger partial charge in [0.25, 0.3) is 11.8 Å². The third kappa shape index (κ3) is 3.76. The fourth-order valence-electron chi connectivity index (χ4n) is 1.87. The standard InChI is InChI=1S/C14H15ClN4O3/c1-8-5-12(19(2)18-8)17-13(20)7-22-11-6-9(15)3-4-10(11)14(16)21/h3-6H,7H2,1-2H3,(H2,16,21)(H,17,20). The molecule has 8 heteroatoms. The van der Waals surface area contributed by atoms with E-state index in [-0.39, 0.29) is 17.9 Å². The van der Waals surface area contributed by atoms with Crippen LogP contribution in [-0.4, -0.2) is 28.2 Å². The quantitative estimate of drug-likeness (QED) is 0.871. The number of hydrogen-bond acceptors (Lipinski definition) is 4. The Morgan fingerprint density at radius 1 is 1.41 bits per heavy atom. The number of rotatable bonds is 5. The number of carbonyl (C=O) groups excluding carboxylic acids is 2. The first-order chi connectivity index (χ1) is 10.4. The number of amides is 2. The highest BCUT2D eigenvalue weighted by Crippen LogP contribution is 2.23. The van der Waals surface area contributed by atoms with Crippen molar-refractivity contribution in [2.75, 3.05) is 11.9 Å². The van der Waals surface area contributed by atoms with Gasteiger partial charge in [0.1, 0.15) is 11.6 Å². The number of aryl methyl sites for hydroxylation is 2. The number of nitrogens with one attached hydrogen (secondary N) is 1. The van der Waals surface area contributed by atoms with E-state index in [1.165, 1.54) is 18.2 Å². The zero-order valence-corrected chi connectivity index (χ0v) is 12.8. The monoisotopic (exact) mass is 322 g/mol. The molecule has 0 aliphatic carbocycles. The number of aromatic nitrogens is 2. The molecule has 0 bridgehead atoms. The van der Waals surface area contributed by atoms with Crippen LogP contribution in [0.1, 0.15) is 16.1 Å². The number of hydrogen-bond donors (Lipinski definition) is 2. The molecule has 7 nitrogen and oxygen atoms in total. The molecular formula is C14H15ClN4O3. The maximum Gasteiger partial charge on any atom is 0.263 e. The largest absolute Gasteiger partial charge is 0.483 e. The molecular weight excluding hydrogens is 308 g/mol.